The molecule has 10 heavy (non-hydrogen) atoms. The van der Waals surface area contributed by atoms with Crippen molar-refractivity contribution in [2.45, 2.75) is 13.3 Å². The minimum Gasteiger partial charge on any atom is -0.500 e. The van der Waals surface area contributed by atoms with Gasteiger partial charge in [-0.05, 0) is 13.0 Å². The highest BCUT2D eigenvalue weighted by Crippen LogP contribution is 2.11. The number of rotatable bonds is 2. The van der Waals surface area contributed by atoms with Gasteiger partial charge in [0.25, 0.3) is 0 Å². The van der Waals surface area contributed by atoms with Crippen LogP contribution in [0.3, 0.4) is 0 Å². The first kappa shape index (κ1) is 7.06. The molecular formula is C8H10O2. The van der Waals surface area contributed by atoms with Crippen LogP contribution < -0.4 is 0 Å². The Kier molecular flexibility index (Phi) is 2.26. The lowest BCUT2D eigenvalue weighted by molar-refractivity contribution is -0.111. The molecule has 0 bridgehead atoms. The molecule has 0 aliphatic carbocycles. The molecule has 0 radical (unpaired) electrons. The van der Waals surface area contributed by atoms with Crippen molar-refractivity contribution in [3.63, 3.8) is 0 Å². The SMILES string of the molecule is C/C=C/C(=O)C1=COCC1. The molecule has 0 aromatic carbocycles. The summed E-state index contributed by atoms with van der Waals surface area (Å²) in [4.78, 5) is 11.0. The van der Waals surface area contributed by atoms with Gasteiger partial charge < -0.3 is 4.74 Å². The van der Waals surface area contributed by atoms with E-state index in [1.165, 1.54) is 0 Å². The first-order valence-electron chi connectivity index (χ1n) is 3.32. The summed E-state index contributed by atoms with van der Waals surface area (Å²) in [5, 5.41) is 0. The topological polar surface area (TPSA) is 26.3 Å². The summed E-state index contributed by atoms with van der Waals surface area (Å²) in [6, 6.07) is 0. The molecule has 0 saturated heterocycles. The Morgan fingerprint density at radius 1 is 1.80 bits per heavy atom. The summed E-state index contributed by atoms with van der Waals surface area (Å²) in [7, 11) is 0. The van der Waals surface area contributed by atoms with Crippen LogP contribution in [-0.4, -0.2) is 12.4 Å². The van der Waals surface area contributed by atoms with Gasteiger partial charge in [-0.1, -0.05) is 6.08 Å². The smallest absolute Gasteiger partial charge is 0.184 e. The van der Waals surface area contributed by atoms with Crippen LogP contribution in [0.25, 0.3) is 0 Å². The Labute approximate surface area is 60.2 Å². The largest absolute Gasteiger partial charge is 0.500 e. The second kappa shape index (κ2) is 3.20. The van der Waals surface area contributed by atoms with Gasteiger partial charge in [0, 0.05) is 12.0 Å². The van der Waals surface area contributed by atoms with E-state index in [1.807, 2.05) is 6.92 Å². The average Bonchev–Trinajstić information content (AvgIpc) is 2.38. The van der Waals surface area contributed by atoms with Crippen molar-refractivity contribution in [2.24, 2.45) is 0 Å². The Morgan fingerprint density at radius 2 is 2.60 bits per heavy atom. The number of ketones is 1. The van der Waals surface area contributed by atoms with E-state index in [4.69, 9.17) is 4.74 Å². The van der Waals surface area contributed by atoms with Gasteiger partial charge in [0.1, 0.15) is 0 Å². The predicted octanol–water partition coefficient (Wildman–Crippen LogP) is 1.44. The number of carbonyl (C=O) groups excluding carboxylic acids is 1. The van der Waals surface area contributed by atoms with Crippen molar-refractivity contribution in [1.29, 1.82) is 0 Å². The minimum atomic E-state index is 0.0694. The lowest BCUT2D eigenvalue weighted by Crippen LogP contribution is -1.95. The van der Waals surface area contributed by atoms with Crippen LogP contribution in [0.2, 0.25) is 0 Å². The molecule has 0 N–H and O–H groups in total. The highest BCUT2D eigenvalue weighted by Gasteiger charge is 2.10. The zero-order chi connectivity index (χ0) is 7.40. The second-order valence-electron chi connectivity index (χ2n) is 2.13. The number of carbonyl (C=O) groups is 1. The number of hydrogen-bond acceptors (Lipinski definition) is 2. The monoisotopic (exact) mass is 138 g/mol. The maximum atomic E-state index is 11.0. The summed E-state index contributed by atoms with van der Waals surface area (Å²) in [6.45, 7) is 2.48. The number of allylic oxidation sites excluding steroid dienone is 2. The van der Waals surface area contributed by atoms with Gasteiger partial charge in [0.15, 0.2) is 5.78 Å². The molecule has 0 atom stereocenters. The summed E-state index contributed by atoms with van der Waals surface area (Å²) < 4.78 is 4.91. The molecule has 2 heteroatoms. The van der Waals surface area contributed by atoms with E-state index in [2.05, 4.69) is 0 Å². The zero-order valence-corrected chi connectivity index (χ0v) is 5.96. The van der Waals surface area contributed by atoms with Crippen LogP contribution in [0, 0.1) is 0 Å². The Hall–Kier alpha value is -1.05. The van der Waals surface area contributed by atoms with Crippen molar-refractivity contribution >= 4 is 5.78 Å². The fourth-order valence-corrected chi connectivity index (χ4v) is 0.827. The van der Waals surface area contributed by atoms with Crippen LogP contribution >= 0.6 is 0 Å². The molecule has 1 heterocycles. The van der Waals surface area contributed by atoms with E-state index >= 15 is 0 Å². The molecule has 1 rings (SSSR count). The van der Waals surface area contributed by atoms with Crippen molar-refractivity contribution in [3.8, 4) is 0 Å². The quantitative estimate of drug-likeness (QED) is 0.539. The molecular weight excluding hydrogens is 128 g/mol. The van der Waals surface area contributed by atoms with Crippen LogP contribution in [0.1, 0.15) is 13.3 Å². The predicted molar refractivity (Wildman–Crippen MR) is 38.5 cm³/mol. The van der Waals surface area contributed by atoms with Gasteiger partial charge in [-0.2, -0.15) is 0 Å². The molecule has 0 unspecified atom stereocenters. The molecule has 1 aliphatic rings. The molecule has 54 valence electrons. The summed E-state index contributed by atoms with van der Waals surface area (Å²) in [6.07, 6.45) is 5.59. The normalized spacial score (nSPS) is 17.1. The fraction of sp³-hybridized carbons (Fsp3) is 0.375. The van der Waals surface area contributed by atoms with Crippen molar-refractivity contribution in [3.05, 3.63) is 24.0 Å². The number of ether oxygens (including phenoxy) is 1. The molecule has 2 nitrogen and oxygen atoms in total. The third-order valence-corrected chi connectivity index (χ3v) is 1.35. The Morgan fingerprint density at radius 3 is 3.10 bits per heavy atom. The van der Waals surface area contributed by atoms with Gasteiger partial charge in [-0.25, -0.2) is 0 Å². The van der Waals surface area contributed by atoms with E-state index in [0.717, 1.165) is 12.0 Å². The van der Waals surface area contributed by atoms with Crippen LogP contribution in [0.4, 0.5) is 0 Å². The lowest BCUT2D eigenvalue weighted by atomic mass is 10.1. The van der Waals surface area contributed by atoms with Gasteiger partial charge in [0.2, 0.25) is 0 Å². The van der Waals surface area contributed by atoms with Gasteiger partial charge in [-0.3, -0.25) is 4.79 Å². The first-order valence-corrected chi connectivity index (χ1v) is 3.32. The van der Waals surface area contributed by atoms with Crippen LogP contribution in [0.5, 0.6) is 0 Å². The Bertz CT molecular complexity index is 189. The molecule has 0 amide bonds. The Balaban J connectivity index is 2.56. The van der Waals surface area contributed by atoms with Crippen LogP contribution in [-0.2, 0) is 9.53 Å². The molecule has 1 aliphatic heterocycles. The second-order valence-corrected chi connectivity index (χ2v) is 2.13. The molecule has 0 saturated carbocycles. The molecule has 0 aromatic rings. The third kappa shape index (κ3) is 1.47. The lowest BCUT2D eigenvalue weighted by Gasteiger charge is -1.88. The van der Waals surface area contributed by atoms with Crippen molar-refractivity contribution in [1.82, 2.24) is 0 Å². The van der Waals surface area contributed by atoms with E-state index < -0.39 is 0 Å². The maximum absolute atomic E-state index is 11.0. The summed E-state index contributed by atoms with van der Waals surface area (Å²) >= 11 is 0. The fourth-order valence-electron chi connectivity index (χ4n) is 0.827. The van der Waals surface area contributed by atoms with Gasteiger partial charge >= 0.3 is 0 Å². The molecule has 0 spiro atoms. The van der Waals surface area contributed by atoms with Crippen LogP contribution in [0.15, 0.2) is 24.0 Å². The number of hydrogen-bond donors (Lipinski definition) is 0. The van der Waals surface area contributed by atoms with E-state index in [0.29, 0.717) is 6.61 Å². The van der Waals surface area contributed by atoms with Crippen molar-refractivity contribution < 1.29 is 9.53 Å². The maximum Gasteiger partial charge on any atom is 0.184 e. The molecule has 0 fully saturated rings. The highest BCUT2D eigenvalue weighted by molar-refractivity contribution is 6.03. The summed E-state index contributed by atoms with van der Waals surface area (Å²) in [5.41, 5.74) is 0.776. The van der Waals surface area contributed by atoms with E-state index in [1.54, 1.807) is 18.4 Å². The average molecular weight is 138 g/mol. The van der Waals surface area contributed by atoms with Gasteiger partial charge in [-0.15, -0.1) is 0 Å². The van der Waals surface area contributed by atoms with E-state index in [-0.39, 0.29) is 5.78 Å². The zero-order valence-electron chi connectivity index (χ0n) is 5.96. The van der Waals surface area contributed by atoms with Crippen molar-refractivity contribution in [2.75, 3.05) is 6.61 Å². The van der Waals surface area contributed by atoms with E-state index in [9.17, 15) is 4.79 Å². The van der Waals surface area contributed by atoms with Gasteiger partial charge in [0.05, 0.1) is 12.9 Å². The first-order chi connectivity index (χ1) is 4.84. The standard InChI is InChI=1S/C8H10O2/c1-2-3-8(9)7-4-5-10-6-7/h2-3,6H,4-5H2,1H3/b3-2+. The third-order valence-electron chi connectivity index (χ3n) is 1.35. The minimum absolute atomic E-state index is 0.0694. The molecule has 0 aromatic heterocycles. The highest BCUT2D eigenvalue weighted by atomic mass is 16.5. The summed E-state index contributed by atoms with van der Waals surface area (Å²) in [5.74, 6) is 0.0694.